The lowest BCUT2D eigenvalue weighted by Gasteiger charge is -2.32. The monoisotopic (exact) mass is 511 g/mol. The van der Waals surface area contributed by atoms with Gasteiger partial charge in [0.15, 0.2) is 0 Å². The van der Waals surface area contributed by atoms with Crippen LogP contribution in [0, 0.1) is 11.8 Å². The van der Waals surface area contributed by atoms with Gasteiger partial charge in [-0.05, 0) is 86.3 Å². The third kappa shape index (κ3) is 5.57. The minimum absolute atomic E-state index is 0.0520. The first-order valence-corrected chi connectivity index (χ1v) is 13.4. The van der Waals surface area contributed by atoms with Gasteiger partial charge < -0.3 is 20.3 Å². The van der Waals surface area contributed by atoms with Crippen molar-refractivity contribution in [1.82, 2.24) is 0 Å². The number of benzene rings is 3. The van der Waals surface area contributed by atoms with E-state index in [1.54, 1.807) is 36.4 Å². The summed E-state index contributed by atoms with van der Waals surface area (Å²) in [4.78, 5) is 41.4. The van der Waals surface area contributed by atoms with E-state index < -0.39 is 0 Å². The Hall–Kier alpha value is -4.13. The van der Waals surface area contributed by atoms with E-state index >= 15 is 0 Å². The molecule has 2 aliphatic rings. The lowest BCUT2D eigenvalue weighted by atomic mass is 9.77. The molecule has 3 aromatic carbocycles. The first-order valence-electron chi connectivity index (χ1n) is 13.4. The molecular weight excluding hydrogens is 478 g/mol. The molecule has 2 N–H and O–H groups in total. The molecule has 3 aromatic rings. The number of amides is 3. The predicted molar refractivity (Wildman–Crippen MR) is 149 cm³/mol. The van der Waals surface area contributed by atoms with Crippen molar-refractivity contribution in [3.63, 3.8) is 0 Å². The Morgan fingerprint density at radius 3 is 2.24 bits per heavy atom. The molecule has 1 heterocycles. The second-order valence-electron chi connectivity index (χ2n) is 9.84. The Bertz CT molecular complexity index is 1300. The maximum Gasteiger partial charge on any atom is 0.255 e. The number of anilines is 3. The van der Waals surface area contributed by atoms with Gasteiger partial charge in [-0.1, -0.05) is 31.0 Å². The van der Waals surface area contributed by atoms with Crippen LogP contribution in [0.4, 0.5) is 17.1 Å². The average Bonchev–Trinajstić information content (AvgIpc) is 3.38. The zero-order valence-electron chi connectivity index (χ0n) is 21.6. The molecule has 38 heavy (non-hydrogen) atoms. The summed E-state index contributed by atoms with van der Waals surface area (Å²) in [5.74, 6) is -0.271. The molecule has 1 saturated carbocycles. The van der Waals surface area contributed by atoms with Crippen molar-refractivity contribution in [3.8, 4) is 5.75 Å². The van der Waals surface area contributed by atoms with Crippen molar-refractivity contribution >= 4 is 34.8 Å². The number of nitrogens with zero attached hydrogens (tertiary/aromatic N) is 1. The summed E-state index contributed by atoms with van der Waals surface area (Å²) in [6, 6.07) is 22.0. The number of nitrogens with one attached hydrogen (secondary N) is 2. The molecule has 7 heteroatoms. The van der Waals surface area contributed by atoms with Gasteiger partial charge in [0.2, 0.25) is 11.8 Å². The fourth-order valence-corrected chi connectivity index (χ4v) is 5.45. The smallest absolute Gasteiger partial charge is 0.255 e. The van der Waals surface area contributed by atoms with Gasteiger partial charge in [-0.15, -0.1) is 0 Å². The van der Waals surface area contributed by atoms with Gasteiger partial charge in [-0.2, -0.15) is 0 Å². The molecular formula is C31H33N3O4. The molecule has 196 valence electrons. The van der Waals surface area contributed by atoms with Crippen LogP contribution in [-0.2, 0) is 16.0 Å². The maximum atomic E-state index is 13.5. The Kier molecular flexibility index (Phi) is 7.73. The first kappa shape index (κ1) is 25.5. The Morgan fingerprint density at radius 2 is 1.50 bits per heavy atom. The summed E-state index contributed by atoms with van der Waals surface area (Å²) in [5, 5.41) is 5.85. The van der Waals surface area contributed by atoms with Crippen molar-refractivity contribution in [1.29, 1.82) is 0 Å². The van der Waals surface area contributed by atoms with Gasteiger partial charge >= 0.3 is 0 Å². The Labute approximate surface area is 223 Å². The molecule has 0 radical (unpaired) electrons. The van der Waals surface area contributed by atoms with Crippen LogP contribution in [0.2, 0.25) is 0 Å². The number of para-hydroxylation sites is 1. The molecule has 1 aliphatic heterocycles. The summed E-state index contributed by atoms with van der Waals surface area (Å²) in [6.07, 6.45) is 4.15. The van der Waals surface area contributed by atoms with Crippen LogP contribution in [0.1, 0.15) is 48.5 Å². The predicted octanol–water partition coefficient (Wildman–Crippen LogP) is 5.67. The molecule has 0 spiro atoms. The molecule has 3 amide bonds. The topological polar surface area (TPSA) is 87.7 Å². The average molecular weight is 512 g/mol. The van der Waals surface area contributed by atoms with E-state index in [-0.39, 0.29) is 29.6 Å². The van der Waals surface area contributed by atoms with E-state index in [9.17, 15) is 14.4 Å². The minimum Gasteiger partial charge on any atom is -0.494 e. The van der Waals surface area contributed by atoms with E-state index in [2.05, 4.69) is 16.7 Å². The first-order chi connectivity index (χ1) is 18.5. The molecule has 0 saturated heterocycles. The quantitative estimate of drug-likeness (QED) is 0.428. The van der Waals surface area contributed by atoms with Crippen LogP contribution in [0.3, 0.4) is 0 Å². The van der Waals surface area contributed by atoms with E-state index in [0.29, 0.717) is 36.5 Å². The van der Waals surface area contributed by atoms with Crippen molar-refractivity contribution in [2.24, 2.45) is 11.8 Å². The highest BCUT2D eigenvalue weighted by molar-refractivity contribution is 6.05. The minimum atomic E-state index is -0.369. The van der Waals surface area contributed by atoms with E-state index in [1.807, 2.05) is 42.2 Å². The molecule has 0 bridgehead atoms. The zero-order chi connectivity index (χ0) is 26.5. The molecule has 1 fully saturated rings. The van der Waals surface area contributed by atoms with Crippen LogP contribution in [-0.4, -0.2) is 30.9 Å². The number of fused-ring (bicyclic) bond motifs is 1. The number of carbonyl (C=O) groups is 3. The molecule has 2 atom stereocenters. The highest BCUT2D eigenvalue weighted by atomic mass is 16.5. The van der Waals surface area contributed by atoms with Gasteiger partial charge in [-0.25, -0.2) is 0 Å². The molecule has 7 nitrogen and oxygen atoms in total. The van der Waals surface area contributed by atoms with Gasteiger partial charge in [0.1, 0.15) is 5.75 Å². The lowest BCUT2D eigenvalue weighted by Crippen LogP contribution is -2.43. The molecule has 1 aliphatic carbocycles. The number of hydrogen-bond acceptors (Lipinski definition) is 4. The van der Waals surface area contributed by atoms with E-state index in [1.165, 1.54) is 5.56 Å². The summed E-state index contributed by atoms with van der Waals surface area (Å²) >= 11 is 0. The van der Waals surface area contributed by atoms with Gasteiger partial charge in [0.05, 0.1) is 12.5 Å². The largest absolute Gasteiger partial charge is 0.494 e. The molecule has 0 aromatic heterocycles. The highest BCUT2D eigenvalue weighted by Gasteiger charge is 2.39. The Balaban J connectivity index is 1.21. The number of hydrogen-bond donors (Lipinski definition) is 2. The zero-order valence-corrected chi connectivity index (χ0v) is 21.6. The van der Waals surface area contributed by atoms with E-state index in [0.717, 1.165) is 37.1 Å². The van der Waals surface area contributed by atoms with Gasteiger partial charge in [0, 0.05) is 35.1 Å². The molecule has 5 rings (SSSR count). The summed E-state index contributed by atoms with van der Waals surface area (Å²) in [5.41, 5.74) is 3.92. The summed E-state index contributed by atoms with van der Waals surface area (Å²) < 4.78 is 5.43. The fourth-order valence-electron chi connectivity index (χ4n) is 5.45. The second-order valence-corrected chi connectivity index (χ2v) is 9.84. The lowest BCUT2D eigenvalue weighted by molar-refractivity contribution is -0.132. The third-order valence-corrected chi connectivity index (χ3v) is 7.41. The second kappa shape index (κ2) is 11.5. The van der Waals surface area contributed by atoms with Crippen molar-refractivity contribution < 1.29 is 19.1 Å². The van der Waals surface area contributed by atoms with Crippen LogP contribution < -0.4 is 20.3 Å². The Morgan fingerprint density at radius 1 is 0.842 bits per heavy atom. The van der Waals surface area contributed by atoms with Crippen LogP contribution in [0.25, 0.3) is 0 Å². The van der Waals surface area contributed by atoms with Crippen LogP contribution in [0.15, 0.2) is 72.8 Å². The van der Waals surface area contributed by atoms with Crippen molar-refractivity contribution in [3.05, 3.63) is 83.9 Å². The fraction of sp³-hybridized carbons (Fsp3) is 0.323. The van der Waals surface area contributed by atoms with Gasteiger partial charge in [-0.3, -0.25) is 14.4 Å². The highest BCUT2D eigenvalue weighted by Crippen LogP contribution is 2.36. The summed E-state index contributed by atoms with van der Waals surface area (Å²) in [6.45, 7) is 3.17. The normalized spacial score (nSPS) is 18.4. The summed E-state index contributed by atoms with van der Waals surface area (Å²) in [7, 11) is 0. The molecule has 0 unspecified atom stereocenters. The van der Waals surface area contributed by atoms with E-state index in [4.69, 9.17) is 4.74 Å². The van der Waals surface area contributed by atoms with Gasteiger partial charge in [0.25, 0.3) is 5.91 Å². The van der Waals surface area contributed by atoms with Crippen molar-refractivity contribution in [2.75, 3.05) is 28.7 Å². The SMILES string of the molecule is CCOc1ccc(NC(=O)c2ccc(NC(=O)[C@H]3CCCC[C@H]3C(=O)N3CCc4ccccc43)cc2)cc1. The third-order valence-electron chi connectivity index (χ3n) is 7.41. The number of ether oxygens (including phenoxy) is 1. The maximum absolute atomic E-state index is 13.5. The number of rotatable bonds is 7. The van der Waals surface area contributed by atoms with Crippen LogP contribution in [0.5, 0.6) is 5.75 Å². The number of carbonyl (C=O) groups excluding carboxylic acids is 3. The van der Waals surface area contributed by atoms with Crippen molar-refractivity contribution in [2.45, 2.75) is 39.0 Å². The standard InChI is InChI=1S/C31H33N3O4/c1-2-38-25-17-15-24(16-18-25)32-29(35)22-11-13-23(14-12-22)33-30(36)26-8-4-5-9-27(26)31(37)34-20-19-21-7-3-6-10-28(21)34/h3,6-7,10-18,26-27H,2,4-5,8-9,19-20H2,1H3,(H,32,35)(H,33,36)/t26-,27+/m0/s1. The van der Waals surface area contributed by atoms with Crippen LogP contribution >= 0.6 is 0 Å².